The molecule has 1 aromatic heterocycles. The molecule has 1 heterocycles. The van der Waals surface area contributed by atoms with Gasteiger partial charge in [-0.25, -0.2) is 0 Å². The smallest absolute Gasteiger partial charge is 0.271 e. The molecule has 0 aliphatic rings. The number of aromatic nitrogens is 1. The molecule has 0 saturated carbocycles. The molecule has 0 spiro atoms. The third-order valence-corrected chi connectivity index (χ3v) is 2.90. The molecule has 19 heavy (non-hydrogen) atoms. The second-order valence-electron chi connectivity index (χ2n) is 3.92. The quantitative estimate of drug-likeness (QED) is 0.672. The zero-order valence-corrected chi connectivity index (χ0v) is 10.8. The zero-order chi connectivity index (χ0) is 13.7. The minimum Gasteiger partial charge on any atom is -0.383 e. The SMILES string of the molecule is O=[N+]([O-])c1ccc(NCCc2ccccn2)c(Cl)c1. The first kappa shape index (κ1) is 13.3. The van der Waals surface area contributed by atoms with E-state index in [-0.39, 0.29) is 5.69 Å². The summed E-state index contributed by atoms with van der Waals surface area (Å²) in [6, 6.07) is 10.1. The van der Waals surface area contributed by atoms with Gasteiger partial charge in [0, 0.05) is 37.0 Å². The van der Waals surface area contributed by atoms with E-state index >= 15 is 0 Å². The van der Waals surface area contributed by atoms with Gasteiger partial charge in [0.15, 0.2) is 0 Å². The minimum absolute atomic E-state index is 0.0136. The topological polar surface area (TPSA) is 68.1 Å². The monoisotopic (exact) mass is 277 g/mol. The van der Waals surface area contributed by atoms with E-state index in [4.69, 9.17) is 11.6 Å². The van der Waals surface area contributed by atoms with Gasteiger partial charge in [-0.05, 0) is 18.2 Å². The molecule has 0 bridgehead atoms. The summed E-state index contributed by atoms with van der Waals surface area (Å²) in [7, 11) is 0. The van der Waals surface area contributed by atoms with Crippen LogP contribution in [-0.4, -0.2) is 16.5 Å². The van der Waals surface area contributed by atoms with E-state index in [0.717, 1.165) is 12.1 Å². The molecule has 0 saturated heterocycles. The van der Waals surface area contributed by atoms with E-state index in [1.165, 1.54) is 12.1 Å². The summed E-state index contributed by atoms with van der Waals surface area (Å²) in [5.74, 6) is 0. The molecule has 0 aliphatic heterocycles. The third-order valence-electron chi connectivity index (χ3n) is 2.59. The number of halogens is 1. The van der Waals surface area contributed by atoms with Crippen LogP contribution < -0.4 is 5.32 Å². The average Bonchev–Trinajstić information content (AvgIpc) is 2.41. The number of hydrogen-bond acceptors (Lipinski definition) is 4. The Morgan fingerprint density at radius 2 is 2.16 bits per heavy atom. The lowest BCUT2D eigenvalue weighted by atomic mass is 10.2. The first-order valence-corrected chi connectivity index (χ1v) is 6.12. The van der Waals surface area contributed by atoms with Gasteiger partial charge >= 0.3 is 0 Å². The van der Waals surface area contributed by atoms with E-state index in [1.807, 2.05) is 18.2 Å². The van der Waals surface area contributed by atoms with Crippen LogP contribution in [0.2, 0.25) is 5.02 Å². The molecule has 0 radical (unpaired) electrons. The van der Waals surface area contributed by atoms with Gasteiger partial charge in [0.1, 0.15) is 0 Å². The molecule has 2 rings (SSSR count). The van der Waals surface area contributed by atoms with Crippen LogP contribution in [0.1, 0.15) is 5.69 Å². The van der Waals surface area contributed by atoms with Crippen molar-refractivity contribution < 1.29 is 4.92 Å². The number of benzene rings is 1. The Balaban J connectivity index is 1.95. The van der Waals surface area contributed by atoms with E-state index < -0.39 is 4.92 Å². The summed E-state index contributed by atoms with van der Waals surface area (Å²) < 4.78 is 0. The zero-order valence-electron chi connectivity index (χ0n) is 10.0. The third kappa shape index (κ3) is 3.66. The fourth-order valence-corrected chi connectivity index (χ4v) is 1.87. The number of nitro benzene ring substituents is 1. The van der Waals surface area contributed by atoms with Crippen molar-refractivity contribution in [2.24, 2.45) is 0 Å². The number of nitro groups is 1. The van der Waals surface area contributed by atoms with Gasteiger partial charge in [-0.3, -0.25) is 15.1 Å². The van der Waals surface area contributed by atoms with Crippen LogP contribution in [0.3, 0.4) is 0 Å². The molecular formula is C13H12ClN3O2. The molecule has 98 valence electrons. The van der Waals surface area contributed by atoms with Crippen LogP contribution in [0.15, 0.2) is 42.6 Å². The number of nitrogens with one attached hydrogen (secondary N) is 1. The highest BCUT2D eigenvalue weighted by Gasteiger charge is 2.08. The maximum atomic E-state index is 10.6. The van der Waals surface area contributed by atoms with Gasteiger partial charge in [0.25, 0.3) is 5.69 Å². The number of pyridine rings is 1. The van der Waals surface area contributed by atoms with Crippen molar-refractivity contribution in [3.05, 3.63) is 63.4 Å². The summed E-state index contributed by atoms with van der Waals surface area (Å²) in [5, 5.41) is 14.1. The van der Waals surface area contributed by atoms with Crippen molar-refractivity contribution in [3.63, 3.8) is 0 Å². The van der Waals surface area contributed by atoms with E-state index in [9.17, 15) is 10.1 Å². The fraction of sp³-hybridized carbons (Fsp3) is 0.154. The Kier molecular flexibility index (Phi) is 4.30. The van der Waals surface area contributed by atoms with Crippen LogP contribution in [-0.2, 0) is 6.42 Å². The normalized spacial score (nSPS) is 10.2. The van der Waals surface area contributed by atoms with Crippen molar-refractivity contribution in [3.8, 4) is 0 Å². The first-order chi connectivity index (χ1) is 9.16. The molecule has 5 nitrogen and oxygen atoms in total. The first-order valence-electron chi connectivity index (χ1n) is 5.74. The summed E-state index contributed by atoms with van der Waals surface area (Å²) in [6.45, 7) is 0.661. The predicted octanol–water partition coefficient (Wildman–Crippen LogP) is 3.30. The molecule has 6 heteroatoms. The maximum absolute atomic E-state index is 10.6. The van der Waals surface area contributed by atoms with Crippen molar-refractivity contribution in [2.75, 3.05) is 11.9 Å². The molecule has 0 atom stereocenters. The Morgan fingerprint density at radius 1 is 1.32 bits per heavy atom. The Labute approximate surface area is 115 Å². The lowest BCUT2D eigenvalue weighted by Crippen LogP contribution is -2.06. The molecule has 0 unspecified atom stereocenters. The molecule has 1 aromatic carbocycles. The summed E-state index contributed by atoms with van der Waals surface area (Å²) in [6.07, 6.45) is 2.50. The Bertz CT molecular complexity index is 575. The lowest BCUT2D eigenvalue weighted by Gasteiger charge is -2.07. The molecule has 1 N–H and O–H groups in total. The molecule has 0 amide bonds. The van der Waals surface area contributed by atoms with E-state index in [2.05, 4.69) is 10.3 Å². The van der Waals surface area contributed by atoms with Crippen molar-refractivity contribution in [1.29, 1.82) is 0 Å². The second kappa shape index (κ2) is 6.15. The summed E-state index contributed by atoms with van der Waals surface area (Å²) in [5.41, 5.74) is 1.65. The average molecular weight is 278 g/mol. The highest BCUT2D eigenvalue weighted by Crippen LogP contribution is 2.26. The van der Waals surface area contributed by atoms with Gasteiger partial charge in [-0.1, -0.05) is 17.7 Å². The van der Waals surface area contributed by atoms with Crippen LogP contribution in [0.25, 0.3) is 0 Å². The van der Waals surface area contributed by atoms with Gasteiger partial charge in [0.05, 0.1) is 15.6 Å². The van der Waals surface area contributed by atoms with Gasteiger partial charge in [-0.15, -0.1) is 0 Å². The van der Waals surface area contributed by atoms with Crippen molar-refractivity contribution in [2.45, 2.75) is 6.42 Å². The number of nitrogens with zero attached hydrogens (tertiary/aromatic N) is 2. The number of non-ortho nitro benzene ring substituents is 1. The fourth-order valence-electron chi connectivity index (χ4n) is 1.63. The van der Waals surface area contributed by atoms with E-state index in [1.54, 1.807) is 12.3 Å². The van der Waals surface area contributed by atoms with E-state index in [0.29, 0.717) is 17.3 Å². The van der Waals surface area contributed by atoms with Crippen LogP contribution in [0.5, 0.6) is 0 Å². The Morgan fingerprint density at radius 3 is 2.79 bits per heavy atom. The molecule has 0 aliphatic carbocycles. The molecular weight excluding hydrogens is 266 g/mol. The van der Waals surface area contributed by atoms with Crippen LogP contribution in [0, 0.1) is 10.1 Å². The molecule has 2 aromatic rings. The van der Waals surface area contributed by atoms with Crippen LogP contribution in [0.4, 0.5) is 11.4 Å². The minimum atomic E-state index is -0.469. The van der Waals surface area contributed by atoms with Crippen LogP contribution >= 0.6 is 11.6 Å². The van der Waals surface area contributed by atoms with Gasteiger partial charge in [0.2, 0.25) is 0 Å². The summed E-state index contributed by atoms with van der Waals surface area (Å²) >= 11 is 5.97. The highest BCUT2D eigenvalue weighted by atomic mass is 35.5. The maximum Gasteiger partial charge on any atom is 0.271 e. The van der Waals surface area contributed by atoms with Crippen molar-refractivity contribution >= 4 is 23.0 Å². The van der Waals surface area contributed by atoms with Crippen molar-refractivity contribution in [1.82, 2.24) is 4.98 Å². The predicted molar refractivity (Wildman–Crippen MR) is 74.5 cm³/mol. The largest absolute Gasteiger partial charge is 0.383 e. The van der Waals surface area contributed by atoms with Gasteiger partial charge < -0.3 is 5.32 Å². The lowest BCUT2D eigenvalue weighted by molar-refractivity contribution is -0.384. The number of rotatable bonds is 5. The number of anilines is 1. The number of hydrogen-bond donors (Lipinski definition) is 1. The summed E-state index contributed by atoms with van der Waals surface area (Å²) in [4.78, 5) is 14.3. The molecule has 0 fully saturated rings. The standard InChI is InChI=1S/C13H12ClN3O2/c14-12-9-11(17(18)19)4-5-13(12)16-8-6-10-3-1-2-7-15-10/h1-5,7,9,16H,6,8H2. The highest BCUT2D eigenvalue weighted by molar-refractivity contribution is 6.33. The second-order valence-corrected chi connectivity index (χ2v) is 4.33. The van der Waals surface area contributed by atoms with Gasteiger partial charge in [-0.2, -0.15) is 0 Å². The Hall–Kier alpha value is -2.14.